The molecule has 0 aromatic heterocycles. The van der Waals surface area contributed by atoms with Gasteiger partial charge >= 0.3 is 0 Å². The van der Waals surface area contributed by atoms with E-state index in [4.69, 9.17) is 9.47 Å². The molecule has 142 valence electrons. The van der Waals surface area contributed by atoms with Crippen LogP contribution in [0, 0.1) is 5.92 Å². The van der Waals surface area contributed by atoms with Crippen molar-refractivity contribution in [2.45, 2.75) is 18.9 Å². The summed E-state index contributed by atoms with van der Waals surface area (Å²) in [6.45, 7) is 3.23. The number of benzene rings is 1. The molecule has 1 aromatic carbocycles. The zero-order chi connectivity index (χ0) is 17.4. The van der Waals surface area contributed by atoms with Crippen LogP contribution in [-0.4, -0.2) is 62.7 Å². The van der Waals surface area contributed by atoms with Crippen LogP contribution in [-0.2, 0) is 9.59 Å². The van der Waals surface area contributed by atoms with Gasteiger partial charge in [0.15, 0.2) is 11.5 Å². The first-order valence-electron chi connectivity index (χ1n) is 8.81. The van der Waals surface area contributed by atoms with Crippen molar-refractivity contribution in [3.63, 3.8) is 0 Å². The molecule has 2 unspecified atom stereocenters. The monoisotopic (exact) mass is 381 g/mol. The second-order valence-corrected chi connectivity index (χ2v) is 6.83. The molecule has 2 amide bonds. The number of likely N-dealkylation sites (N-methyl/N-ethyl adjacent to an activating group) is 1. The summed E-state index contributed by atoms with van der Waals surface area (Å²) in [5.41, 5.74) is 0.759. The van der Waals surface area contributed by atoms with E-state index >= 15 is 0 Å². The number of hydrogen-bond acceptors (Lipinski definition) is 5. The quantitative estimate of drug-likeness (QED) is 0.847. The molecule has 1 aromatic rings. The topological polar surface area (TPSA) is 71.1 Å². The average molecular weight is 382 g/mol. The van der Waals surface area contributed by atoms with Crippen LogP contribution >= 0.6 is 12.4 Å². The minimum atomic E-state index is -0.286. The molecule has 3 heterocycles. The maximum absolute atomic E-state index is 12.8. The Morgan fingerprint density at radius 2 is 2.04 bits per heavy atom. The minimum absolute atomic E-state index is 0. The highest BCUT2D eigenvalue weighted by atomic mass is 35.5. The standard InChI is InChI=1S/C18H23N3O4.ClH/c1-20(14-4-5-19-10-14)18(23)12-8-17(22)21(11-12)13-2-3-15-16(9-13)25-7-6-24-15;/h2-3,9,12,14,19H,4-8,10-11H2,1H3;1H. The van der Waals surface area contributed by atoms with E-state index in [-0.39, 0.29) is 42.6 Å². The molecule has 2 atom stereocenters. The smallest absolute Gasteiger partial charge is 0.228 e. The third-order valence-electron chi connectivity index (χ3n) is 5.24. The van der Waals surface area contributed by atoms with E-state index in [1.54, 1.807) is 4.90 Å². The molecule has 0 aliphatic carbocycles. The maximum atomic E-state index is 12.8. The van der Waals surface area contributed by atoms with Gasteiger partial charge in [-0.25, -0.2) is 0 Å². The summed E-state index contributed by atoms with van der Waals surface area (Å²) in [6.07, 6.45) is 1.23. The lowest BCUT2D eigenvalue weighted by Gasteiger charge is -2.26. The number of anilines is 1. The Morgan fingerprint density at radius 1 is 1.27 bits per heavy atom. The number of carbonyl (C=O) groups is 2. The van der Waals surface area contributed by atoms with Crippen molar-refractivity contribution in [1.82, 2.24) is 10.2 Å². The Bertz CT molecular complexity index is 693. The number of nitrogens with zero attached hydrogens (tertiary/aromatic N) is 2. The molecule has 0 radical (unpaired) electrons. The molecule has 2 fully saturated rings. The number of rotatable bonds is 3. The highest BCUT2D eigenvalue weighted by Gasteiger charge is 2.38. The van der Waals surface area contributed by atoms with E-state index < -0.39 is 0 Å². The zero-order valence-corrected chi connectivity index (χ0v) is 15.6. The fraction of sp³-hybridized carbons (Fsp3) is 0.556. The summed E-state index contributed by atoms with van der Waals surface area (Å²) >= 11 is 0. The van der Waals surface area contributed by atoms with Crippen LogP contribution < -0.4 is 19.7 Å². The average Bonchev–Trinajstić information content (AvgIpc) is 3.30. The number of carbonyl (C=O) groups excluding carboxylic acids is 2. The van der Waals surface area contributed by atoms with Gasteiger partial charge in [-0.3, -0.25) is 9.59 Å². The molecule has 4 rings (SSSR count). The SMILES string of the molecule is CN(C(=O)C1CC(=O)N(c2ccc3c(c2)OCCO3)C1)C1CCNC1.Cl. The number of halogens is 1. The van der Waals surface area contributed by atoms with Crippen molar-refractivity contribution in [2.24, 2.45) is 5.92 Å². The van der Waals surface area contributed by atoms with E-state index in [2.05, 4.69) is 5.32 Å². The van der Waals surface area contributed by atoms with Gasteiger partial charge in [0.1, 0.15) is 13.2 Å². The van der Waals surface area contributed by atoms with Gasteiger partial charge in [-0.2, -0.15) is 0 Å². The summed E-state index contributed by atoms with van der Waals surface area (Å²) in [7, 11) is 1.84. The maximum Gasteiger partial charge on any atom is 0.228 e. The van der Waals surface area contributed by atoms with Crippen molar-refractivity contribution < 1.29 is 19.1 Å². The Labute approximate surface area is 159 Å². The van der Waals surface area contributed by atoms with Crippen molar-refractivity contribution in [1.29, 1.82) is 0 Å². The summed E-state index contributed by atoms with van der Waals surface area (Å²) < 4.78 is 11.1. The second kappa shape index (κ2) is 7.72. The summed E-state index contributed by atoms with van der Waals surface area (Å²) in [4.78, 5) is 28.7. The first kappa shape index (κ1) is 18.8. The summed E-state index contributed by atoms with van der Waals surface area (Å²) in [5, 5.41) is 3.27. The van der Waals surface area contributed by atoms with E-state index in [0.29, 0.717) is 31.3 Å². The lowest BCUT2D eigenvalue weighted by atomic mass is 10.1. The van der Waals surface area contributed by atoms with Gasteiger partial charge in [0.05, 0.1) is 5.92 Å². The Hall–Kier alpha value is -1.99. The van der Waals surface area contributed by atoms with Gasteiger partial charge in [-0.1, -0.05) is 0 Å². The van der Waals surface area contributed by atoms with Crippen LogP contribution in [0.5, 0.6) is 11.5 Å². The van der Waals surface area contributed by atoms with E-state index in [1.807, 2.05) is 30.1 Å². The van der Waals surface area contributed by atoms with Gasteiger partial charge < -0.3 is 24.6 Å². The van der Waals surface area contributed by atoms with Crippen molar-refractivity contribution in [2.75, 3.05) is 44.8 Å². The molecule has 1 N–H and O–H groups in total. The van der Waals surface area contributed by atoms with Gasteiger partial charge in [0, 0.05) is 44.4 Å². The number of fused-ring (bicyclic) bond motifs is 1. The second-order valence-electron chi connectivity index (χ2n) is 6.83. The third kappa shape index (κ3) is 3.46. The lowest BCUT2D eigenvalue weighted by Crippen LogP contribution is -2.42. The van der Waals surface area contributed by atoms with E-state index in [1.165, 1.54) is 0 Å². The van der Waals surface area contributed by atoms with Crippen LogP contribution in [0.3, 0.4) is 0 Å². The van der Waals surface area contributed by atoms with Gasteiger partial charge in [0.25, 0.3) is 0 Å². The highest BCUT2D eigenvalue weighted by Crippen LogP contribution is 2.36. The van der Waals surface area contributed by atoms with Crippen LogP contribution in [0.25, 0.3) is 0 Å². The summed E-state index contributed by atoms with van der Waals surface area (Å²) in [5.74, 6) is 1.10. The molecule has 7 nitrogen and oxygen atoms in total. The van der Waals surface area contributed by atoms with Crippen molar-refractivity contribution in [3.8, 4) is 11.5 Å². The van der Waals surface area contributed by atoms with Crippen molar-refractivity contribution in [3.05, 3.63) is 18.2 Å². The predicted octanol–water partition coefficient (Wildman–Crippen LogP) is 1.05. The number of hydrogen-bond donors (Lipinski definition) is 1. The molecule has 3 aliphatic rings. The molecule has 0 spiro atoms. The first-order chi connectivity index (χ1) is 12.1. The van der Waals surface area contributed by atoms with Crippen LogP contribution in [0.15, 0.2) is 18.2 Å². The predicted molar refractivity (Wildman–Crippen MR) is 99.2 cm³/mol. The fourth-order valence-electron chi connectivity index (χ4n) is 3.76. The van der Waals surface area contributed by atoms with Gasteiger partial charge in [0.2, 0.25) is 11.8 Å². The number of nitrogens with one attached hydrogen (secondary N) is 1. The summed E-state index contributed by atoms with van der Waals surface area (Å²) in [6, 6.07) is 5.72. The molecule has 3 aliphatic heterocycles. The molecular weight excluding hydrogens is 358 g/mol. The fourth-order valence-corrected chi connectivity index (χ4v) is 3.76. The third-order valence-corrected chi connectivity index (χ3v) is 5.24. The number of ether oxygens (including phenoxy) is 2. The lowest BCUT2D eigenvalue weighted by molar-refractivity contribution is -0.136. The van der Waals surface area contributed by atoms with Crippen LogP contribution in [0.2, 0.25) is 0 Å². The Morgan fingerprint density at radius 3 is 2.77 bits per heavy atom. The van der Waals surface area contributed by atoms with Crippen molar-refractivity contribution >= 4 is 29.9 Å². The molecule has 8 heteroatoms. The zero-order valence-electron chi connectivity index (χ0n) is 14.8. The molecule has 0 saturated carbocycles. The number of amides is 2. The Kier molecular flexibility index (Phi) is 5.58. The minimum Gasteiger partial charge on any atom is -0.486 e. The molecule has 2 saturated heterocycles. The first-order valence-corrected chi connectivity index (χ1v) is 8.81. The van der Waals surface area contributed by atoms with E-state index in [0.717, 1.165) is 25.2 Å². The van der Waals surface area contributed by atoms with E-state index in [9.17, 15) is 9.59 Å². The molecule has 0 bridgehead atoms. The van der Waals surface area contributed by atoms with Crippen LogP contribution in [0.4, 0.5) is 5.69 Å². The largest absolute Gasteiger partial charge is 0.486 e. The molecule has 26 heavy (non-hydrogen) atoms. The highest BCUT2D eigenvalue weighted by molar-refractivity contribution is 6.00. The normalized spacial score (nSPS) is 24.3. The van der Waals surface area contributed by atoms with Crippen LogP contribution in [0.1, 0.15) is 12.8 Å². The molecular formula is C18H24ClN3O4. The van der Waals surface area contributed by atoms with Gasteiger partial charge in [-0.15, -0.1) is 12.4 Å². The Balaban J connectivity index is 0.00000196. The van der Waals surface area contributed by atoms with Gasteiger partial charge in [-0.05, 0) is 25.1 Å².